The molecule has 0 saturated carbocycles. The molecule has 4 nitrogen and oxygen atoms in total. The largest absolute Gasteiger partial charge is 0.363 e. The summed E-state index contributed by atoms with van der Waals surface area (Å²) >= 11 is 5.74. The van der Waals surface area contributed by atoms with Crippen LogP contribution in [0.1, 0.15) is 11.5 Å². The standard InChI is InChI=1S/C10H10ClN3O/c1-7-5-8(15-14-7)6-12-10-4-2-3-9(11)13-10/h2-5H,6H2,1H3,(H,12,13). The van der Waals surface area contributed by atoms with Crippen LogP contribution in [0.3, 0.4) is 0 Å². The summed E-state index contributed by atoms with van der Waals surface area (Å²) < 4.78 is 5.04. The highest BCUT2D eigenvalue weighted by Gasteiger charge is 2.00. The van der Waals surface area contributed by atoms with E-state index in [2.05, 4.69) is 15.5 Å². The van der Waals surface area contributed by atoms with Crippen molar-refractivity contribution in [1.29, 1.82) is 0 Å². The molecular weight excluding hydrogens is 214 g/mol. The molecule has 0 aliphatic heterocycles. The average Bonchev–Trinajstić information content (AvgIpc) is 2.62. The molecule has 0 aliphatic carbocycles. The highest BCUT2D eigenvalue weighted by molar-refractivity contribution is 6.29. The van der Waals surface area contributed by atoms with Gasteiger partial charge in [-0.15, -0.1) is 0 Å². The lowest BCUT2D eigenvalue weighted by Crippen LogP contribution is -1.99. The second kappa shape index (κ2) is 4.31. The Bertz CT molecular complexity index is 455. The lowest BCUT2D eigenvalue weighted by Gasteiger charge is -2.02. The van der Waals surface area contributed by atoms with Gasteiger partial charge < -0.3 is 9.84 Å². The molecule has 0 aliphatic rings. The van der Waals surface area contributed by atoms with Crippen molar-refractivity contribution in [3.63, 3.8) is 0 Å². The van der Waals surface area contributed by atoms with Crippen molar-refractivity contribution in [2.75, 3.05) is 5.32 Å². The Kier molecular flexibility index (Phi) is 2.87. The molecule has 0 saturated heterocycles. The number of aryl methyl sites for hydroxylation is 1. The zero-order chi connectivity index (χ0) is 10.7. The quantitative estimate of drug-likeness (QED) is 0.813. The lowest BCUT2D eigenvalue weighted by molar-refractivity contribution is 0.384. The van der Waals surface area contributed by atoms with Crippen molar-refractivity contribution in [3.8, 4) is 0 Å². The van der Waals surface area contributed by atoms with E-state index in [1.54, 1.807) is 6.07 Å². The van der Waals surface area contributed by atoms with Gasteiger partial charge >= 0.3 is 0 Å². The van der Waals surface area contributed by atoms with Crippen LogP contribution in [0, 0.1) is 6.92 Å². The SMILES string of the molecule is Cc1cc(CNc2cccc(Cl)n2)on1. The van der Waals surface area contributed by atoms with Crippen molar-refractivity contribution < 1.29 is 4.52 Å². The van der Waals surface area contributed by atoms with Gasteiger partial charge in [-0.1, -0.05) is 22.8 Å². The van der Waals surface area contributed by atoms with Crippen molar-refractivity contribution in [3.05, 3.63) is 40.9 Å². The molecule has 1 N–H and O–H groups in total. The number of pyridine rings is 1. The van der Waals surface area contributed by atoms with Gasteiger partial charge in [-0.05, 0) is 19.1 Å². The maximum atomic E-state index is 5.74. The molecule has 2 aromatic heterocycles. The first-order valence-corrected chi connectivity index (χ1v) is 4.90. The van der Waals surface area contributed by atoms with Gasteiger partial charge in [0.15, 0.2) is 5.76 Å². The van der Waals surface area contributed by atoms with Gasteiger partial charge in [0.25, 0.3) is 0 Å². The first kappa shape index (κ1) is 9.98. The molecular formula is C10H10ClN3O. The molecule has 0 aromatic carbocycles. The minimum absolute atomic E-state index is 0.466. The predicted octanol–water partition coefficient (Wildman–Crippen LogP) is 2.64. The van der Waals surface area contributed by atoms with Gasteiger partial charge in [-0.2, -0.15) is 0 Å². The summed E-state index contributed by atoms with van der Waals surface area (Å²) in [5.41, 5.74) is 0.867. The Morgan fingerprint density at radius 3 is 3.00 bits per heavy atom. The van der Waals surface area contributed by atoms with Crippen molar-refractivity contribution in [2.45, 2.75) is 13.5 Å². The van der Waals surface area contributed by atoms with Crippen LogP contribution in [0.15, 0.2) is 28.8 Å². The second-order valence-corrected chi connectivity index (χ2v) is 3.52. The van der Waals surface area contributed by atoms with E-state index in [1.807, 2.05) is 25.1 Å². The van der Waals surface area contributed by atoms with Gasteiger partial charge in [-0.25, -0.2) is 4.98 Å². The van der Waals surface area contributed by atoms with Crippen molar-refractivity contribution in [1.82, 2.24) is 10.1 Å². The van der Waals surface area contributed by atoms with E-state index in [-0.39, 0.29) is 0 Å². The predicted molar refractivity (Wildman–Crippen MR) is 57.8 cm³/mol. The molecule has 2 heterocycles. The topological polar surface area (TPSA) is 51.0 Å². The summed E-state index contributed by atoms with van der Waals surface area (Å²) in [5, 5.41) is 7.34. The molecule has 78 valence electrons. The highest BCUT2D eigenvalue weighted by atomic mass is 35.5. The van der Waals surface area contributed by atoms with Gasteiger partial charge in [0.1, 0.15) is 11.0 Å². The Balaban J connectivity index is 1.99. The maximum Gasteiger partial charge on any atom is 0.156 e. The van der Waals surface area contributed by atoms with Crippen LogP contribution in [0.4, 0.5) is 5.82 Å². The normalized spacial score (nSPS) is 10.3. The van der Waals surface area contributed by atoms with Gasteiger partial charge in [0, 0.05) is 6.07 Å². The molecule has 0 spiro atoms. The first-order chi connectivity index (χ1) is 7.24. The fourth-order valence-electron chi connectivity index (χ4n) is 1.18. The summed E-state index contributed by atoms with van der Waals surface area (Å²) in [6.07, 6.45) is 0. The van der Waals surface area contributed by atoms with Gasteiger partial charge in [0.2, 0.25) is 0 Å². The van der Waals surface area contributed by atoms with E-state index in [0.29, 0.717) is 11.7 Å². The highest BCUT2D eigenvalue weighted by Crippen LogP contribution is 2.11. The minimum Gasteiger partial charge on any atom is -0.363 e. The van der Waals surface area contributed by atoms with Crippen LogP contribution in [-0.4, -0.2) is 10.1 Å². The summed E-state index contributed by atoms with van der Waals surface area (Å²) in [5.74, 6) is 1.49. The Labute approximate surface area is 92.3 Å². The van der Waals surface area contributed by atoms with Crippen molar-refractivity contribution in [2.24, 2.45) is 0 Å². The first-order valence-electron chi connectivity index (χ1n) is 4.52. The van der Waals surface area contributed by atoms with E-state index in [9.17, 15) is 0 Å². The van der Waals surface area contributed by atoms with Gasteiger partial charge in [-0.3, -0.25) is 0 Å². The number of nitrogens with one attached hydrogen (secondary N) is 1. The average molecular weight is 224 g/mol. The van der Waals surface area contributed by atoms with E-state index in [0.717, 1.165) is 17.3 Å². The Hall–Kier alpha value is -1.55. The van der Waals surface area contributed by atoms with Crippen LogP contribution in [-0.2, 0) is 6.54 Å². The zero-order valence-corrected chi connectivity index (χ0v) is 8.95. The monoisotopic (exact) mass is 223 g/mol. The van der Waals surface area contributed by atoms with E-state index in [4.69, 9.17) is 16.1 Å². The van der Waals surface area contributed by atoms with E-state index < -0.39 is 0 Å². The molecule has 15 heavy (non-hydrogen) atoms. The molecule has 0 radical (unpaired) electrons. The summed E-state index contributed by atoms with van der Waals surface area (Å²) in [6.45, 7) is 2.43. The molecule has 5 heteroatoms. The van der Waals surface area contributed by atoms with E-state index in [1.165, 1.54) is 0 Å². The molecule has 0 atom stereocenters. The third-order valence-corrected chi connectivity index (χ3v) is 2.05. The number of nitrogens with zero attached hydrogens (tertiary/aromatic N) is 2. The fourth-order valence-corrected chi connectivity index (χ4v) is 1.35. The number of anilines is 1. The van der Waals surface area contributed by atoms with Crippen LogP contribution in [0.25, 0.3) is 0 Å². The Morgan fingerprint density at radius 2 is 2.33 bits per heavy atom. The number of halogens is 1. The Morgan fingerprint density at radius 1 is 1.47 bits per heavy atom. The molecule has 0 unspecified atom stereocenters. The number of rotatable bonds is 3. The zero-order valence-electron chi connectivity index (χ0n) is 8.20. The number of hydrogen-bond donors (Lipinski definition) is 1. The molecule has 0 fully saturated rings. The maximum absolute atomic E-state index is 5.74. The lowest BCUT2D eigenvalue weighted by atomic mass is 10.4. The van der Waals surface area contributed by atoms with Crippen LogP contribution >= 0.6 is 11.6 Å². The summed E-state index contributed by atoms with van der Waals surface area (Å²) in [7, 11) is 0. The smallest absolute Gasteiger partial charge is 0.156 e. The van der Waals surface area contributed by atoms with Crippen molar-refractivity contribution >= 4 is 17.4 Å². The minimum atomic E-state index is 0.466. The molecule has 2 aromatic rings. The number of aromatic nitrogens is 2. The molecule has 2 rings (SSSR count). The van der Waals surface area contributed by atoms with Crippen LogP contribution in [0.5, 0.6) is 0 Å². The third-order valence-electron chi connectivity index (χ3n) is 1.84. The molecule has 0 amide bonds. The van der Waals surface area contributed by atoms with E-state index >= 15 is 0 Å². The summed E-state index contributed by atoms with van der Waals surface area (Å²) in [6, 6.07) is 7.28. The fraction of sp³-hybridized carbons (Fsp3) is 0.200. The van der Waals surface area contributed by atoms with Crippen LogP contribution < -0.4 is 5.32 Å². The molecule has 0 bridgehead atoms. The second-order valence-electron chi connectivity index (χ2n) is 3.13. The third kappa shape index (κ3) is 2.70. The summed E-state index contributed by atoms with van der Waals surface area (Å²) in [4.78, 5) is 4.09. The van der Waals surface area contributed by atoms with Gasteiger partial charge in [0.05, 0.1) is 12.2 Å². The number of hydrogen-bond acceptors (Lipinski definition) is 4. The van der Waals surface area contributed by atoms with Crippen LogP contribution in [0.2, 0.25) is 5.15 Å².